The van der Waals surface area contributed by atoms with Gasteiger partial charge in [-0.2, -0.15) is 0 Å². The molecule has 3 nitrogen and oxygen atoms in total. The van der Waals surface area contributed by atoms with Gasteiger partial charge < -0.3 is 15.6 Å². The molecular weight excluding hydrogens is 198 g/mol. The highest BCUT2D eigenvalue weighted by Crippen LogP contribution is 2.31. The van der Waals surface area contributed by atoms with Crippen LogP contribution >= 0.6 is 11.8 Å². The van der Waals surface area contributed by atoms with Crippen molar-refractivity contribution in [3.05, 3.63) is 18.2 Å². The Kier molecular flexibility index (Phi) is 4.10. The first-order valence-electron chi connectivity index (χ1n) is 4.38. The van der Waals surface area contributed by atoms with Gasteiger partial charge in [0, 0.05) is 21.9 Å². The highest BCUT2D eigenvalue weighted by molar-refractivity contribution is 8.00. The lowest BCUT2D eigenvalue weighted by Crippen LogP contribution is -2.02. The Morgan fingerprint density at radius 2 is 2.29 bits per heavy atom. The zero-order valence-electron chi connectivity index (χ0n) is 8.36. The Balaban J connectivity index is 2.78. The molecule has 0 bridgehead atoms. The Labute approximate surface area is 88.3 Å². The van der Waals surface area contributed by atoms with Gasteiger partial charge in [0.25, 0.3) is 0 Å². The third-order valence-electron chi connectivity index (χ3n) is 1.80. The van der Waals surface area contributed by atoms with Crippen LogP contribution in [0.5, 0.6) is 5.75 Å². The maximum absolute atomic E-state index is 8.90. The van der Waals surface area contributed by atoms with Crippen LogP contribution in [0, 0.1) is 0 Å². The van der Waals surface area contributed by atoms with E-state index < -0.39 is 0 Å². The second kappa shape index (κ2) is 5.12. The maximum Gasteiger partial charge on any atom is 0.120 e. The van der Waals surface area contributed by atoms with E-state index in [2.05, 4.69) is 0 Å². The molecule has 1 aromatic carbocycles. The smallest absolute Gasteiger partial charge is 0.120 e. The van der Waals surface area contributed by atoms with Gasteiger partial charge in [0.2, 0.25) is 0 Å². The van der Waals surface area contributed by atoms with Crippen LogP contribution in [0.25, 0.3) is 0 Å². The van der Waals surface area contributed by atoms with Gasteiger partial charge >= 0.3 is 0 Å². The molecule has 1 unspecified atom stereocenters. The highest BCUT2D eigenvalue weighted by atomic mass is 32.2. The van der Waals surface area contributed by atoms with Crippen molar-refractivity contribution in [2.24, 2.45) is 0 Å². The summed E-state index contributed by atoms with van der Waals surface area (Å²) >= 11 is 1.56. The lowest BCUT2D eigenvalue weighted by Gasteiger charge is -2.10. The van der Waals surface area contributed by atoms with Crippen LogP contribution in [0.15, 0.2) is 23.1 Å². The lowest BCUT2D eigenvalue weighted by atomic mass is 10.3. The van der Waals surface area contributed by atoms with E-state index in [0.29, 0.717) is 5.69 Å². The molecule has 3 N–H and O–H groups in total. The van der Waals surface area contributed by atoms with E-state index >= 15 is 0 Å². The topological polar surface area (TPSA) is 55.5 Å². The Bertz CT molecular complexity index is 304. The molecule has 0 amide bonds. The number of ether oxygens (including phenoxy) is 1. The monoisotopic (exact) mass is 213 g/mol. The summed E-state index contributed by atoms with van der Waals surface area (Å²) in [6.45, 7) is 2.10. The van der Waals surface area contributed by atoms with Crippen LogP contribution < -0.4 is 10.5 Å². The number of nitrogens with two attached hydrogens (primary N) is 1. The number of aliphatic hydroxyl groups excluding tert-OH is 1. The van der Waals surface area contributed by atoms with Crippen molar-refractivity contribution in [2.45, 2.75) is 17.1 Å². The van der Waals surface area contributed by atoms with Gasteiger partial charge in [0.05, 0.1) is 13.7 Å². The number of rotatable bonds is 4. The first-order chi connectivity index (χ1) is 6.67. The van der Waals surface area contributed by atoms with Crippen LogP contribution in [0.1, 0.15) is 6.92 Å². The largest absolute Gasteiger partial charge is 0.497 e. The predicted molar refractivity (Wildman–Crippen MR) is 59.8 cm³/mol. The second-order valence-electron chi connectivity index (χ2n) is 3.01. The average molecular weight is 213 g/mol. The molecule has 0 fully saturated rings. The fourth-order valence-electron chi connectivity index (χ4n) is 1.01. The van der Waals surface area contributed by atoms with Gasteiger partial charge in [-0.25, -0.2) is 0 Å². The fourth-order valence-corrected chi connectivity index (χ4v) is 1.86. The molecule has 1 aromatic rings. The van der Waals surface area contributed by atoms with Crippen LogP contribution in [-0.2, 0) is 0 Å². The molecule has 0 saturated carbocycles. The molecule has 78 valence electrons. The van der Waals surface area contributed by atoms with Crippen molar-refractivity contribution in [3.8, 4) is 5.75 Å². The van der Waals surface area contributed by atoms with Crippen LogP contribution in [0.3, 0.4) is 0 Å². The van der Waals surface area contributed by atoms with E-state index in [1.165, 1.54) is 0 Å². The fraction of sp³-hybridized carbons (Fsp3) is 0.400. The number of nitrogen functional groups attached to an aromatic ring is 1. The standard InChI is InChI=1S/C10H15NO2S/c1-7(6-12)14-10-4-3-8(13-2)5-9(10)11/h3-5,7,12H,6,11H2,1-2H3. The van der Waals surface area contributed by atoms with Gasteiger partial charge in [0.15, 0.2) is 0 Å². The number of hydrogen-bond donors (Lipinski definition) is 2. The molecule has 1 atom stereocenters. The van der Waals surface area contributed by atoms with Crippen LogP contribution in [0.4, 0.5) is 5.69 Å². The van der Waals surface area contributed by atoms with Crippen molar-refractivity contribution in [1.82, 2.24) is 0 Å². The maximum atomic E-state index is 8.90. The van der Waals surface area contributed by atoms with E-state index in [-0.39, 0.29) is 11.9 Å². The van der Waals surface area contributed by atoms with Crippen LogP contribution in [-0.4, -0.2) is 24.1 Å². The van der Waals surface area contributed by atoms with Crippen molar-refractivity contribution in [1.29, 1.82) is 0 Å². The third-order valence-corrected chi connectivity index (χ3v) is 2.98. The molecule has 1 rings (SSSR count). The number of thioether (sulfide) groups is 1. The summed E-state index contributed by atoms with van der Waals surface area (Å²) in [7, 11) is 1.61. The van der Waals surface area contributed by atoms with Gasteiger partial charge in [-0.3, -0.25) is 0 Å². The van der Waals surface area contributed by atoms with Gasteiger partial charge in [-0.05, 0) is 12.1 Å². The Morgan fingerprint density at radius 3 is 2.79 bits per heavy atom. The first kappa shape index (κ1) is 11.2. The third kappa shape index (κ3) is 2.82. The number of aliphatic hydroxyl groups is 1. The molecule has 14 heavy (non-hydrogen) atoms. The van der Waals surface area contributed by atoms with Gasteiger partial charge in [-0.15, -0.1) is 11.8 Å². The lowest BCUT2D eigenvalue weighted by molar-refractivity contribution is 0.300. The van der Waals surface area contributed by atoms with E-state index in [1.807, 2.05) is 19.1 Å². The van der Waals surface area contributed by atoms with Crippen molar-refractivity contribution >= 4 is 17.4 Å². The number of benzene rings is 1. The van der Waals surface area contributed by atoms with Gasteiger partial charge in [-0.1, -0.05) is 6.92 Å². The molecule has 0 spiro atoms. The van der Waals surface area contributed by atoms with E-state index in [1.54, 1.807) is 24.9 Å². The van der Waals surface area contributed by atoms with Crippen molar-refractivity contribution in [2.75, 3.05) is 19.5 Å². The summed E-state index contributed by atoms with van der Waals surface area (Å²) in [6, 6.07) is 5.56. The normalized spacial score (nSPS) is 12.5. The van der Waals surface area contributed by atoms with E-state index in [4.69, 9.17) is 15.6 Å². The molecule has 0 saturated heterocycles. The number of hydrogen-bond acceptors (Lipinski definition) is 4. The molecule has 0 aliphatic heterocycles. The minimum absolute atomic E-state index is 0.149. The summed E-state index contributed by atoms with van der Waals surface area (Å²) in [5, 5.41) is 9.06. The number of methoxy groups -OCH3 is 1. The summed E-state index contributed by atoms with van der Waals surface area (Å²) < 4.78 is 5.04. The molecule has 0 aromatic heterocycles. The second-order valence-corrected chi connectivity index (χ2v) is 4.50. The van der Waals surface area contributed by atoms with Gasteiger partial charge in [0.1, 0.15) is 5.75 Å². The molecule has 0 radical (unpaired) electrons. The molecular formula is C10H15NO2S. The zero-order chi connectivity index (χ0) is 10.6. The molecule has 0 heterocycles. The Hall–Kier alpha value is -0.870. The minimum Gasteiger partial charge on any atom is -0.497 e. The van der Waals surface area contributed by atoms with E-state index in [9.17, 15) is 0 Å². The van der Waals surface area contributed by atoms with Crippen molar-refractivity contribution in [3.63, 3.8) is 0 Å². The molecule has 0 aliphatic rings. The Morgan fingerprint density at radius 1 is 1.57 bits per heavy atom. The minimum atomic E-state index is 0.149. The quantitative estimate of drug-likeness (QED) is 0.591. The molecule has 4 heteroatoms. The molecule has 0 aliphatic carbocycles. The first-order valence-corrected chi connectivity index (χ1v) is 5.26. The van der Waals surface area contributed by atoms with E-state index in [0.717, 1.165) is 10.6 Å². The SMILES string of the molecule is COc1ccc(SC(C)CO)c(N)c1. The summed E-state index contributed by atoms with van der Waals surface area (Å²) in [5.41, 5.74) is 6.51. The predicted octanol–water partition coefficient (Wildman–Crippen LogP) is 1.75. The van der Waals surface area contributed by atoms with Crippen molar-refractivity contribution < 1.29 is 9.84 Å². The average Bonchev–Trinajstić information content (AvgIpc) is 2.20. The highest BCUT2D eigenvalue weighted by Gasteiger charge is 2.06. The van der Waals surface area contributed by atoms with Crippen LogP contribution in [0.2, 0.25) is 0 Å². The summed E-state index contributed by atoms with van der Waals surface area (Å²) in [6.07, 6.45) is 0. The zero-order valence-corrected chi connectivity index (χ0v) is 9.17. The number of anilines is 1. The summed E-state index contributed by atoms with van der Waals surface area (Å²) in [5.74, 6) is 0.753. The summed E-state index contributed by atoms with van der Waals surface area (Å²) in [4.78, 5) is 0.979.